The van der Waals surface area contributed by atoms with E-state index in [1.54, 1.807) is 14.1 Å². The first-order chi connectivity index (χ1) is 4.27. The molecule has 0 aliphatic rings. The summed E-state index contributed by atoms with van der Waals surface area (Å²) in [4.78, 5) is 9.14. The second-order valence-corrected chi connectivity index (χ2v) is 0.523. The van der Waals surface area contributed by atoms with Crippen molar-refractivity contribution < 1.29 is 33.8 Å². The summed E-state index contributed by atoms with van der Waals surface area (Å²) in [6.45, 7) is 2.90. The average Bonchev–Trinajstić information content (AvgIpc) is 1.97. The summed E-state index contributed by atoms with van der Waals surface area (Å²) in [7, 11) is 3.50. The number of rotatable bonds is 1. The maximum absolute atomic E-state index is 9.14. The molecule has 0 aromatic carbocycles. The van der Waals surface area contributed by atoms with Crippen molar-refractivity contribution in [3.05, 3.63) is 12.7 Å². The van der Waals surface area contributed by atoms with Crippen LogP contribution in [0.25, 0.3) is 0 Å². The highest BCUT2D eigenvalue weighted by molar-refractivity contribution is 5.76. The maximum atomic E-state index is 9.14. The van der Waals surface area contributed by atoms with Gasteiger partial charge in [-0.1, -0.05) is 6.58 Å². The van der Waals surface area contributed by atoms with E-state index in [4.69, 9.17) is 9.90 Å². The molecular formula is C5H15ClN2O2. The fourth-order valence-electron chi connectivity index (χ4n) is 0. The van der Waals surface area contributed by atoms with Crippen LogP contribution in [0.4, 0.5) is 0 Å². The van der Waals surface area contributed by atoms with E-state index in [9.17, 15) is 0 Å². The summed E-state index contributed by atoms with van der Waals surface area (Å²) in [6.07, 6.45) is 0.722. The smallest absolute Gasteiger partial charge is 0.0636 e. The maximum Gasteiger partial charge on any atom is 0.0636 e. The number of carbonyl (C=O) groups is 1. The van der Waals surface area contributed by atoms with E-state index in [0.29, 0.717) is 0 Å². The second kappa shape index (κ2) is 39.6. The van der Waals surface area contributed by atoms with Gasteiger partial charge < -0.3 is 33.8 Å². The summed E-state index contributed by atoms with van der Waals surface area (Å²) in [5.41, 5.74) is 6.50. The lowest BCUT2D eigenvalue weighted by molar-refractivity contribution is -0.325. The predicted molar refractivity (Wildman–Crippen MR) is 32.8 cm³/mol. The molecule has 0 unspecified atom stereocenters. The molecule has 0 rings (SSSR count). The summed E-state index contributed by atoms with van der Waals surface area (Å²) >= 11 is 0. The molecule has 10 heavy (non-hydrogen) atoms. The molecule has 4 nitrogen and oxygen atoms in total. The number of carbonyl (C=O) groups excluding carboxylic acids is 1. The third kappa shape index (κ3) is 152. The van der Waals surface area contributed by atoms with Crippen LogP contribution >= 0.6 is 0 Å². The van der Waals surface area contributed by atoms with Crippen LogP contribution in [0.3, 0.4) is 0 Å². The fourth-order valence-corrected chi connectivity index (χ4v) is 0. The molecule has 0 aliphatic carbocycles. The topological polar surface area (TPSA) is 95.4 Å². The lowest BCUT2D eigenvalue weighted by Gasteiger charge is -1.81. The molecule has 0 atom stereocenters. The Balaban J connectivity index is -0.0000000315. The molecule has 0 amide bonds. The van der Waals surface area contributed by atoms with E-state index in [1.165, 1.54) is 0 Å². The first-order valence-electron chi connectivity index (χ1n) is 2.52. The Morgan fingerprint density at radius 1 is 1.40 bits per heavy atom. The minimum Gasteiger partial charge on any atom is -1.00 e. The van der Waals surface area contributed by atoms with E-state index in [-0.39, 0.29) is 12.4 Å². The molecule has 0 spiro atoms. The summed E-state index contributed by atoms with van der Waals surface area (Å²) in [5, 5.41) is 9.14. The molecule has 0 heterocycles. The number of hydrogen-bond donors (Lipinski definition) is 2. The van der Waals surface area contributed by atoms with Crippen LogP contribution in [0.5, 0.6) is 0 Å². The molecule has 64 valence electrons. The van der Waals surface area contributed by atoms with Gasteiger partial charge in [-0.15, -0.1) is 0 Å². The predicted octanol–water partition coefficient (Wildman–Crippen LogP) is -6.36. The van der Waals surface area contributed by atoms with Crippen LogP contribution in [-0.4, -0.2) is 20.1 Å². The molecule has 6 N–H and O–H groups in total. The van der Waals surface area contributed by atoms with E-state index in [0.717, 1.165) is 6.08 Å². The SMILES string of the molecule is C=CC(=O)[O-].C[NH3+].C[NH3+].[Cl-]. The lowest BCUT2D eigenvalue weighted by atomic mass is 10.7. The molecule has 0 saturated heterocycles. The number of aliphatic carboxylic acids is 1. The molecular weight excluding hydrogens is 156 g/mol. The molecule has 5 heteroatoms. The molecule has 0 saturated carbocycles. The summed E-state index contributed by atoms with van der Waals surface area (Å²) in [5.74, 6) is -1.23. The van der Waals surface area contributed by atoms with Crippen molar-refractivity contribution in [2.45, 2.75) is 0 Å². The van der Waals surface area contributed by atoms with Gasteiger partial charge in [-0.3, -0.25) is 0 Å². The molecule has 0 aromatic rings. The molecule has 0 bridgehead atoms. The van der Waals surface area contributed by atoms with Gasteiger partial charge in [0.1, 0.15) is 0 Å². The van der Waals surface area contributed by atoms with Gasteiger partial charge in [0, 0.05) is 0 Å². The molecule has 0 fully saturated rings. The third-order valence-corrected chi connectivity index (χ3v) is 0.167. The van der Waals surface area contributed by atoms with Crippen LogP contribution < -0.4 is 29.0 Å². The van der Waals surface area contributed by atoms with E-state index in [2.05, 4.69) is 18.0 Å². The zero-order valence-corrected chi connectivity index (χ0v) is 7.15. The number of halogens is 1. The van der Waals surface area contributed by atoms with Crippen molar-refractivity contribution in [1.82, 2.24) is 0 Å². The first kappa shape index (κ1) is 22.7. The standard InChI is InChI=1S/C3H4O2.2CH5N.ClH/c1-2-3(4)5;2*1-2;/h2H,1H2,(H,4,5);2*2H2,1H3;1H. The second-order valence-electron chi connectivity index (χ2n) is 0.523. The number of quaternary nitrogens is 2. The van der Waals surface area contributed by atoms with Crippen LogP contribution in [0.15, 0.2) is 12.7 Å². The monoisotopic (exact) mass is 170 g/mol. The zero-order chi connectivity index (χ0) is 8.28. The number of carboxylic acid groups (broad SMARTS) is 1. The van der Waals surface area contributed by atoms with Crippen LogP contribution in [0.2, 0.25) is 0 Å². The molecule has 0 radical (unpaired) electrons. The van der Waals surface area contributed by atoms with Crippen molar-refractivity contribution in [2.75, 3.05) is 14.1 Å². The van der Waals surface area contributed by atoms with E-state index in [1.807, 2.05) is 0 Å². The van der Waals surface area contributed by atoms with E-state index < -0.39 is 5.97 Å². The first-order valence-corrected chi connectivity index (χ1v) is 2.52. The zero-order valence-electron chi connectivity index (χ0n) is 6.39. The van der Waals surface area contributed by atoms with Gasteiger partial charge >= 0.3 is 0 Å². The highest BCUT2D eigenvalue weighted by Gasteiger charge is 1.55. The average molecular weight is 171 g/mol. The van der Waals surface area contributed by atoms with Crippen molar-refractivity contribution >= 4 is 5.97 Å². The lowest BCUT2D eigenvalue weighted by Crippen LogP contribution is -3.00. The third-order valence-electron chi connectivity index (χ3n) is 0.167. The van der Waals surface area contributed by atoms with Gasteiger partial charge in [0.05, 0.1) is 20.1 Å². The van der Waals surface area contributed by atoms with Gasteiger partial charge in [-0.05, 0) is 6.08 Å². The quantitative estimate of drug-likeness (QED) is 0.383. The van der Waals surface area contributed by atoms with Gasteiger partial charge in [0.25, 0.3) is 0 Å². The van der Waals surface area contributed by atoms with Crippen molar-refractivity contribution in [2.24, 2.45) is 0 Å². The minimum absolute atomic E-state index is 0. The van der Waals surface area contributed by atoms with Crippen LogP contribution in [0.1, 0.15) is 0 Å². The Morgan fingerprint density at radius 3 is 1.50 bits per heavy atom. The Hall–Kier alpha value is -0.580. The van der Waals surface area contributed by atoms with Gasteiger partial charge in [0.2, 0.25) is 0 Å². The molecule has 0 aliphatic heterocycles. The highest BCUT2D eigenvalue weighted by atomic mass is 35.5. The Kier molecular flexibility index (Phi) is 90.1. The van der Waals surface area contributed by atoms with E-state index >= 15 is 0 Å². The number of carboxylic acids is 1. The summed E-state index contributed by atoms with van der Waals surface area (Å²) in [6, 6.07) is 0. The largest absolute Gasteiger partial charge is 1.00 e. The van der Waals surface area contributed by atoms with Crippen molar-refractivity contribution in [1.29, 1.82) is 0 Å². The van der Waals surface area contributed by atoms with Crippen LogP contribution in [0, 0.1) is 0 Å². The normalized spacial score (nSPS) is 4.40. The highest BCUT2D eigenvalue weighted by Crippen LogP contribution is 1.47. The Bertz CT molecular complexity index is 68.7. The van der Waals surface area contributed by atoms with Crippen molar-refractivity contribution in [3.63, 3.8) is 0 Å². The van der Waals surface area contributed by atoms with Gasteiger partial charge in [-0.2, -0.15) is 0 Å². The van der Waals surface area contributed by atoms with Gasteiger partial charge in [-0.25, -0.2) is 0 Å². The van der Waals surface area contributed by atoms with Crippen molar-refractivity contribution in [3.8, 4) is 0 Å². The Labute approximate surface area is 67.3 Å². The fraction of sp³-hybridized carbons (Fsp3) is 0.400. The van der Waals surface area contributed by atoms with Gasteiger partial charge in [0.15, 0.2) is 0 Å². The Morgan fingerprint density at radius 2 is 1.50 bits per heavy atom. The number of hydrogen-bond acceptors (Lipinski definition) is 2. The van der Waals surface area contributed by atoms with Crippen LogP contribution in [-0.2, 0) is 4.79 Å². The minimum atomic E-state index is -1.23. The summed E-state index contributed by atoms with van der Waals surface area (Å²) < 4.78 is 0. The molecule has 0 aromatic heterocycles.